The Kier molecular flexibility index (Phi) is 6.59. The molecule has 3 aromatic carbocycles. The highest BCUT2D eigenvalue weighted by atomic mass is 32.2. The van der Waals surface area contributed by atoms with Crippen molar-refractivity contribution in [2.45, 2.75) is 11.8 Å². The molecule has 0 saturated heterocycles. The molecule has 0 radical (unpaired) electrons. The predicted molar refractivity (Wildman–Crippen MR) is 121 cm³/mol. The third kappa shape index (κ3) is 4.95. The highest BCUT2D eigenvalue weighted by Gasteiger charge is 2.22. The maximum Gasteiger partial charge on any atom is 0.295 e. The molecule has 11 heteroatoms. The first-order valence-corrected chi connectivity index (χ1v) is 10.7. The van der Waals surface area contributed by atoms with E-state index in [-0.39, 0.29) is 22.0 Å². The largest absolute Gasteiger partial charge is 0.507 e. The molecule has 0 aliphatic heterocycles. The van der Waals surface area contributed by atoms with Crippen molar-refractivity contribution >= 4 is 32.8 Å². The molecule has 3 rings (SSSR count). The van der Waals surface area contributed by atoms with Crippen molar-refractivity contribution in [3.05, 3.63) is 82.4 Å². The minimum Gasteiger partial charge on any atom is -0.507 e. The number of phenolic OH excluding ortho intramolecular Hbond substituents is 1. The molecule has 10 nitrogen and oxygen atoms in total. The first-order valence-electron chi connectivity index (χ1n) is 9.26. The van der Waals surface area contributed by atoms with E-state index in [9.17, 15) is 23.6 Å². The maximum absolute atomic E-state index is 12.8. The number of benzene rings is 3. The lowest BCUT2D eigenvalue weighted by molar-refractivity contribution is -0.384. The number of aromatic hydroxyl groups is 1. The van der Waals surface area contributed by atoms with Crippen LogP contribution >= 0.6 is 0 Å². The molecule has 32 heavy (non-hydrogen) atoms. The number of nitro groups is 1. The molecule has 166 valence electrons. The van der Waals surface area contributed by atoms with Crippen LogP contribution in [0.5, 0.6) is 11.5 Å². The summed E-state index contributed by atoms with van der Waals surface area (Å²) in [5.41, 5.74) is 3.09. The van der Waals surface area contributed by atoms with Crippen LogP contribution in [-0.4, -0.2) is 31.3 Å². The van der Waals surface area contributed by atoms with E-state index in [2.05, 4.69) is 15.2 Å². The Morgan fingerprint density at radius 1 is 1.06 bits per heavy atom. The fourth-order valence-corrected chi connectivity index (χ4v) is 3.93. The van der Waals surface area contributed by atoms with Gasteiger partial charge in [0.2, 0.25) is 0 Å². The highest BCUT2D eigenvalue weighted by Crippen LogP contribution is 2.31. The number of hydrogen-bond acceptors (Lipinski definition) is 8. The molecule has 0 fully saturated rings. The van der Waals surface area contributed by atoms with Gasteiger partial charge in [-0.1, -0.05) is 24.3 Å². The summed E-state index contributed by atoms with van der Waals surface area (Å²) >= 11 is 0. The van der Waals surface area contributed by atoms with Crippen LogP contribution in [0, 0.1) is 10.1 Å². The first kappa shape index (κ1) is 22.6. The summed E-state index contributed by atoms with van der Waals surface area (Å²) in [4.78, 5) is 10.6. The molecule has 0 aromatic heterocycles. The van der Waals surface area contributed by atoms with Gasteiger partial charge in [-0.15, -0.1) is 0 Å². The van der Waals surface area contributed by atoms with Crippen LogP contribution in [0.15, 0.2) is 76.7 Å². The van der Waals surface area contributed by atoms with Gasteiger partial charge in [-0.2, -0.15) is 5.10 Å². The third-order valence-electron chi connectivity index (χ3n) is 4.47. The fourth-order valence-electron chi connectivity index (χ4n) is 2.84. The van der Waals surface area contributed by atoms with Gasteiger partial charge in [-0.3, -0.25) is 20.3 Å². The van der Waals surface area contributed by atoms with Crippen LogP contribution in [0.4, 0.5) is 17.1 Å². The molecule has 3 aromatic rings. The standard InChI is InChI=1S/C21H20N4O6S/c1-14(16-7-3-5-9-20(16)26)22-23-17-12-11-15(13-19(17)25(27)28)32(29,30)24-18-8-4-6-10-21(18)31-2/h3-13,23-24,26H,1-2H3/b22-14+. The summed E-state index contributed by atoms with van der Waals surface area (Å²) in [7, 11) is -2.73. The maximum atomic E-state index is 12.8. The summed E-state index contributed by atoms with van der Waals surface area (Å²) < 4.78 is 33.1. The molecule has 3 N–H and O–H groups in total. The van der Waals surface area contributed by atoms with E-state index in [1.165, 1.54) is 31.4 Å². The third-order valence-corrected chi connectivity index (χ3v) is 5.83. The molecule has 0 bridgehead atoms. The van der Waals surface area contributed by atoms with Crippen molar-refractivity contribution < 1.29 is 23.2 Å². The Morgan fingerprint density at radius 2 is 1.75 bits per heavy atom. The second-order valence-electron chi connectivity index (χ2n) is 6.57. The lowest BCUT2D eigenvalue weighted by Crippen LogP contribution is -2.14. The van der Waals surface area contributed by atoms with Crippen LogP contribution < -0.4 is 14.9 Å². The zero-order valence-electron chi connectivity index (χ0n) is 17.1. The number of anilines is 2. The quantitative estimate of drug-likeness (QED) is 0.264. The predicted octanol–water partition coefficient (Wildman–Crippen LogP) is 3.95. The molecule has 0 aliphatic rings. The zero-order valence-corrected chi connectivity index (χ0v) is 18.0. The van der Waals surface area contributed by atoms with Crippen LogP contribution in [0.1, 0.15) is 12.5 Å². The van der Waals surface area contributed by atoms with Gasteiger partial charge in [0.05, 0.1) is 28.3 Å². The van der Waals surface area contributed by atoms with Gasteiger partial charge in [0.25, 0.3) is 15.7 Å². The number of sulfonamides is 1. The average molecular weight is 456 g/mol. The van der Waals surface area contributed by atoms with Crippen LogP contribution in [0.3, 0.4) is 0 Å². The molecular formula is C21H20N4O6S. The number of ether oxygens (including phenoxy) is 1. The zero-order chi connectivity index (χ0) is 23.3. The number of nitrogens with zero attached hydrogens (tertiary/aromatic N) is 2. The summed E-state index contributed by atoms with van der Waals surface area (Å²) in [6, 6.07) is 16.3. The molecule has 0 amide bonds. The Hall–Kier alpha value is -4.12. The second-order valence-corrected chi connectivity index (χ2v) is 8.25. The van der Waals surface area contributed by atoms with E-state index in [1.807, 2.05) is 0 Å². The number of hydrazone groups is 1. The van der Waals surface area contributed by atoms with Gasteiger partial charge in [-0.25, -0.2) is 8.42 Å². The van der Waals surface area contributed by atoms with Gasteiger partial charge >= 0.3 is 0 Å². The summed E-state index contributed by atoms with van der Waals surface area (Å²) in [5, 5.41) is 25.5. The average Bonchev–Trinajstić information content (AvgIpc) is 2.77. The van der Waals surface area contributed by atoms with Crippen LogP contribution in [0.25, 0.3) is 0 Å². The molecular weight excluding hydrogens is 436 g/mol. The van der Waals surface area contributed by atoms with E-state index in [0.29, 0.717) is 17.0 Å². The van der Waals surface area contributed by atoms with Crippen molar-refractivity contribution in [3.8, 4) is 11.5 Å². The van der Waals surface area contributed by atoms with Gasteiger partial charge in [0.1, 0.15) is 17.2 Å². The first-order chi connectivity index (χ1) is 15.2. The Morgan fingerprint density at radius 3 is 2.44 bits per heavy atom. The van der Waals surface area contributed by atoms with Crippen molar-refractivity contribution in [1.82, 2.24) is 0 Å². The summed E-state index contributed by atoms with van der Waals surface area (Å²) in [5.74, 6) is 0.312. The molecule has 0 heterocycles. The fraction of sp³-hybridized carbons (Fsp3) is 0.0952. The summed E-state index contributed by atoms with van der Waals surface area (Å²) in [6.45, 7) is 1.61. The molecule has 0 aliphatic carbocycles. The van der Waals surface area contributed by atoms with E-state index < -0.39 is 20.6 Å². The summed E-state index contributed by atoms with van der Waals surface area (Å²) in [6.07, 6.45) is 0. The Bertz CT molecular complexity index is 1290. The van der Waals surface area contributed by atoms with Crippen molar-refractivity contribution in [2.75, 3.05) is 17.3 Å². The van der Waals surface area contributed by atoms with Crippen molar-refractivity contribution in [3.63, 3.8) is 0 Å². The lowest BCUT2D eigenvalue weighted by Gasteiger charge is -2.12. The number of phenols is 1. The monoisotopic (exact) mass is 456 g/mol. The van der Waals surface area contributed by atoms with E-state index >= 15 is 0 Å². The van der Waals surface area contributed by atoms with Gasteiger partial charge in [0, 0.05) is 11.6 Å². The van der Waals surface area contributed by atoms with Gasteiger partial charge in [0.15, 0.2) is 0 Å². The Balaban J connectivity index is 1.91. The topological polar surface area (TPSA) is 143 Å². The number of methoxy groups -OCH3 is 1. The van der Waals surface area contributed by atoms with E-state index in [4.69, 9.17) is 4.74 Å². The van der Waals surface area contributed by atoms with Gasteiger partial charge < -0.3 is 9.84 Å². The number of rotatable bonds is 8. The number of nitrogens with one attached hydrogen (secondary N) is 2. The normalized spacial score (nSPS) is 11.6. The van der Waals surface area contributed by atoms with E-state index in [0.717, 1.165) is 6.07 Å². The van der Waals surface area contributed by atoms with Gasteiger partial charge in [-0.05, 0) is 43.3 Å². The molecule has 0 atom stereocenters. The van der Waals surface area contributed by atoms with E-state index in [1.54, 1.807) is 43.3 Å². The number of nitro benzene ring substituents is 1. The highest BCUT2D eigenvalue weighted by molar-refractivity contribution is 7.92. The Labute approximate surface area is 184 Å². The van der Waals surface area contributed by atoms with Crippen molar-refractivity contribution in [1.29, 1.82) is 0 Å². The smallest absolute Gasteiger partial charge is 0.295 e. The van der Waals surface area contributed by atoms with Crippen molar-refractivity contribution in [2.24, 2.45) is 5.10 Å². The molecule has 0 saturated carbocycles. The second kappa shape index (κ2) is 9.35. The van der Waals surface area contributed by atoms with Crippen LogP contribution in [-0.2, 0) is 10.0 Å². The molecule has 0 spiro atoms. The van der Waals surface area contributed by atoms with Crippen LogP contribution in [0.2, 0.25) is 0 Å². The lowest BCUT2D eigenvalue weighted by atomic mass is 10.1. The minimum absolute atomic E-state index is 0.00825. The minimum atomic E-state index is -4.13. The number of hydrogen-bond donors (Lipinski definition) is 3. The SMILES string of the molecule is COc1ccccc1NS(=O)(=O)c1ccc(N/N=C(\C)c2ccccc2O)c([N+](=O)[O-])c1. The number of para-hydroxylation sites is 3. The molecule has 0 unspecified atom stereocenters.